The van der Waals surface area contributed by atoms with Crippen LogP contribution in [-0.4, -0.2) is 29.0 Å². The van der Waals surface area contributed by atoms with E-state index in [1.54, 1.807) is 6.07 Å². The smallest absolute Gasteiger partial charge is 0.338 e. The summed E-state index contributed by atoms with van der Waals surface area (Å²) < 4.78 is 5.10. The summed E-state index contributed by atoms with van der Waals surface area (Å²) in [5.41, 5.74) is 5.65. The Hall–Kier alpha value is -3.13. The largest absolute Gasteiger partial charge is 0.449 e. The highest BCUT2D eigenvalue weighted by molar-refractivity contribution is 6.30. The van der Waals surface area contributed by atoms with Gasteiger partial charge in [0.1, 0.15) is 5.82 Å². The summed E-state index contributed by atoms with van der Waals surface area (Å²) in [5, 5.41) is 5.31. The second kappa shape index (κ2) is 8.11. The molecule has 0 aliphatic carbocycles. The van der Waals surface area contributed by atoms with Gasteiger partial charge in [0.05, 0.1) is 10.6 Å². The minimum Gasteiger partial charge on any atom is -0.449 e. The first-order valence-electron chi connectivity index (χ1n) is 7.15. The van der Waals surface area contributed by atoms with Crippen molar-refractivity contribution in [3.05, 3.63) is 53.2 Å². The van der Waals surface area contributed by atoms with Crippen molar-refractivity contribution >= 4 is 41.0 Å². The van der Waals surface area contributed by atoms with Crippen LogP contribution in [0.25, 0.3) is 0 Å². The average Bonchev–Trinajstić information content (AvgIpc) is 2.57. The van der Waals surface area contributed by atoms with E-state index in [-0.39, 0.29) is 5.56 Å². The van der Waals surface area contributed by atoms with Crippen molar-refractivity contribution in [3.63, 3.8) is 0 Å². The maximum absolute atomic E-state index is 12.0. The molecule has 25 heavy (non-hydrogen) atoms. The molecule has 0 unspecified atom stereocenters. The Bertz CT molecular complexity index is 778. The van der Waals surface area contributed by atoms with Gasteiger partial charge in [-0.3, -0.25) is 4.79 Å². The number of urea groups is 1. The van der Waals surface area contributed by atoms with Gasteiger partial charge in [0.25, 0.3) is 5.91 Å². The Balaban J connectivity index is 1.93. The molecular formula is C16H15ClN4O4. The summed E-state index contributed by atoms with van der Waals surface area (Å²) >= 11 is 5.71. The van der Waals surface area contributed by atoms with Crippen molar-refractivity contribution in [1.29, 1.82) is 0 Å². The molecule has 3 amide bonds. The van der Waals surface area contributed by atoms with Crippen LogP contribution in [0, 0.1) is 0 Å². The van der Waals surface area contributed by atoms with E-state index >= 15 is 0 Å². The summed E-state index contributed by atoms with van der Waals surface area (Å²) in [6, 6.07) is 8.25. The maximum atomic E-state index is 12.0. The molecular weight excluding hydrogens is 348 g/mol. The first-order chi connectivity index (χ1) is 11.8. The van der Waals surface area contributed by atoms with Crippen molar-refractivity contribution in [3.8, 4) is 0 Å². The Kier molecular flexibility index (Phi) is 5.91. The monoisotopic (exact) mass is 362 g/mol. The average molecular weight is 363 g/mol. The number of halogens is 1. The lowest BCUT2D eigenvalue weighted by molar-refractivity contribution is -0.123. The van der Waals surface area contributed by atoms with Crippen LogP contribution in [0.5, 0.6) is 0 Å². The predicted molar refractivity (Wildman–Crippen MR) is 92.4 cm³/mol. The number of amides is 3. The van der Waals surface area contributed by atoms with E-state index in [1.165, 1.54) is 43.5 Å². The van der Waals surface area contributed by atoms with Crippen LogP contribution in [0.15, 0.2) is 42.6 Å². The van der Waals surface area contributed by atoms with E-state index < -0.39 is 24.0 Å². The molecule has 130 valence electrons. The minimum atomic E-state index is -1.03. The van der Waals surface area contributed by atoms with Gasteiger partial charge in [0, 0.05) is 11.9 Å². The third-order valence-electron chi connectivity index (χ3n) is 3.02. The molecule has 0 aliphatic rings. The molecule has 2 rings (SSSR count). The number of ether oxygens (including phenoxy) is 1. The van der Waals surface area contributed by atoms with Gasteiger partial charge in [-0.15, -0.1) is 0 Å². The van der Waals surface area contributed by atoms with E-state index in [4.69, 9.17) is 22.1 Å². The number of rotatable bonds is 5. The Morgan fingerprint density at radius 3 is 2.36 bits per heavy atom. The molecule has 0 bridgehead atoms. The molecule has 0 aliphatic heterocycles. The number of nitrogens with two attached hydrogens (primary N) is 1. The zero-order chi connectivity index (χ0) is 18.4. The standard InChI is InChI=1S/C16H15ClN4O4/c1-9(14(22)21-13-7-4-11(17)8-19-13)25-15(23)10-2-5-12(6-3-10)20-16(18)24/h2-9H,1H3,(H3,18,20,24)(H,19,21,22)/t9-/m1/s1. The molecule has 1 heterocycles. The normalized spacial score (nSPS) is 11.3. The number of carbonyl (C=O) groups is 3. The molecule has 0 saturated carbocycles. The topological polar surface area (TPSA) is 123 Å². The number of esters is 1. The van der Waals surface area contributed by atoms with Gasteiger partial charge < -0.3 is 21.1 Å². The lowest BCUT2D eigenvalue weighted by Crippen LogP contribution is -2.30. The fraction of sp³-hybridized carbons (Fsp3) is 0.125. The second-order valence-corrected chi connectivity index (χ2v) is 5.40. The van der Waals surface area contributed by atoms with Crippen molar-refractivity contribution < 1.29 is 19.1 Å². The summed E-state index contributed by atoms with van der Waals surface area (Å²) in [4.78, 5) is 38.7. The highest BCUT2D eigenvalue weighted by atomic mass is 35.5. The third kappa shape index (κ3) is 5.47. The van der Waals surface area contributed by atoms with Crippen LogP contribution in [-0.2, 0) is 9.53 Å². The van der Waals surface area contributed by atoms with Gasteiger partial charge in [-0.2, -0.15) is 0 Å². The van der Waals surface area contributed by atoms with E-state index in [0.29, 0.717) is 16.5 Å². The number of primary amides is 1. The lowest BCUT2D eigenvalue weighted by atomic mass is 10.2. The fourth-order valence-electron chi connectivity index (χ4n) is 1.79. The lowest BCUT2D eigenvalue weighted by Gasteiger charge is -2.13. The Labute approximate surface area is 148 Å². The molecule has 8 nitrogen and oxygen atoms in total. The number of hydrogen-bond donors (Lipinski definition) is 3. The second-order valence-electron chi connectivity index (χ2n) is 4.97. The number of nitrogens with one attached hydrogen (secondary N) is 2. The number of carbonyl (C=O) groups excluding carboxylic acids is 3. The fourth-order valence-corrected chi connectivity index (χ4v) is 1.90. The number of hydrogen-bond acceptors (Lipinski definition) is 5. The third-order valence-corrected chi connectivity index (χ3v) is 3.24. The van der Waals surface area contributed by atoms with Gasteiger partial charge in [-0.1, -0.05) is 11.6 Å². The van der Waals surface area contributed by atoms with Crippen LogP contribution in [0.2, 0.25) is 5.02 Å². The van der Waals surface area contributed by atoms with E-state index in [2.05, 4.69) is 15.6 Å². The van der Waals surface area contributed by atoms with Gasteiger partial charge in [-0.25, -0.2) is 14.6 Å². The van der Waals surface area contributed by atoms with Crippen LogP contribution >= 0.6 is 11.6 Å². The Morgan fingerprint density at radius 2 is 1.80 bits per heavy atom. The van der Waals surface area contributed by atoms with Crippen LogP contribution in [0.1, 0.15) is 17.3 Å². The summed E-state index contributed by atoms with van der Waals surface area (Å²) in [6.45, 7) is 1.44. The zero-order valence-corrected chi connectivity index (χ0v) is 13.9. The van der Waals surface area contributed by atoms with Crippen molar-refractivity contribution in [2.45, 2.75) is 13.0 Å². The van der Waals surface area contributed by atoms with E-state index in [0.717, 1.165) is 0 Å². The maximum Gasteiger partial charge on any atom is 0.338 e. The number of aromatic nitrogens is 1. The van der Waals surface area contributed by atoms with Gasteiger partial charge in [0.15, 0.2) is 6.10 Å². The first-order valence-corrected chi connectivity index (χ1v) is 7.53. The van der Waals surface area contributed by atoms with Crippen molar-refractivity contribution in [1.82, 2.24) is 4.98 Å². The van der Waals surface area contributed by atoms with Crippen LogP contribution in [0.4, 0.5) is 16.3 Å². The van der Waals surface area contributed by atoms with Crippen LogP contribution in [0.3, 0.4) is 0 Å². The number of anilines is 2. The number of pyridine rings is 1. The summed E-state index contributed by atoms with van der Waals surface area (Å²) in [7, 11) is 0. The highest BCUT2D eigenvalue weighted by Crippen LogP contribution is 2.13. The number of nitrogens with zero attached hydrogens (tertiary/aromatic N) is 1. The molecule has 0 saturated heterocycles. The van der Waals surface area contributed by atoms with Crippen molar-refractivity contribution in [2.24, 2.45) is 5.73 Å². The summed E-state index contributed by atoms with van der Waals surface area (Å²) in [5.74, 6) is -0.924. The molecule has 1 aromatic heterocycles. The zero-order valence-electron chi connectivity index (χ0n) is 13.2. The van der Waals surface area contributed by atoms with Crippen molar-refractivity contribution in [2.75, 3.05) is 10.6 Å². The minimum absolute atomic E-state index is 0.222. The molecule has 9 heteroatoms. The number of benzene rings is 1. The summed E-state index contributed by atoms with van der Waals surface area (Å²) in [6.07, 6.45) is 0.351. The van der Waals surface area contributed by atoms with Crippen LogP contribution < -0.4 is 16.4 Å². The van der Waals surface area contributed by atoms with Gasteiger partial charge in [0.2, 0.25) is 0 Å². The first kappa shape index (κ1) is 18.2. The molecule has 0 radical (unpaired) electrons. The molecule has 0 fully saturated rings. The highest BCUT2D eigenvalue weighted by Gasteiger charge is 2.19. The molecule has 2 aromatic rings. The van der Waals surface area contributed by atoms with Gasteiger partial charge >= 0.3 is 12.0 Å². The molecule has 1 atom stereocenters. The van der Waals surface area contributed by atoms with E-state index in [1.807, 2.05) is 0 Å². The molecule has 1 aromatic carbocycles. The molecule has 4 N–H and O–H groups in total. The predicted octanol–water partition coefficient (Wildman–Crippen LogP) is 2.41. The Morgan fingerprint density at radius 1 is 1.12 bits per heavy atom. The quantitative estimate of drug-likeness (QED) is 0.704. The van der Waals surface area contributed by atoms with Gasteiger partial charge in [-0.05, 0) is 43.3 Å². The SMILES string of the molecule is C[C@@H](OC(=O)c1ccc(NC(N)=O)cc1)C(=O)Nc1ccc(Cl)cn1. The molecule has 0 spiro atoms. The van der Waals surface area contributed by atoms with E-state index in [9.17, 15) is 14.4 Å².